The van der Waals surface area contributed by atoms with E-state index in [-0.39, 0.29) is 5.41 Å². The molecule has 0 unspecified atom stereocenters. The van der Waals surface area contributed by atoms with Gasteiger partial charge in [0.2, 0.25) is 0 Å². The van der Waals surface area contributed by atoms with Crippen LogP contribution in [0.2, 0.25) is 0 Å². The Morgan fingerprint density at radius 1 is 0.707 bits per heavy atom. The number of hydrogen-bond donors (Lipinski definition) is 2. The quantitative estimate of drug-likeness (QED) is 0.259. The third-order valence-electron chi connectivity index (χ3n) is 7.30. The summed E-state index contributed by atoms with van der Waals surface area (Å²) in [6.45, 7) is 4.60. The highest BCUT2D eigenvalue weighted by Crippen LogP contribution is 2.49. The first-order valence-corrected chi connectivity index (χ1v) is 13.9. The summed E-state index contributed by atoms with van der Waals surface area (Å²) in [5.41, 5.74) is 17.5. The highest BCUT2D eigenvalue weighted by atomic mass is 15.3. The lowest BCUT2D eigenvalue weighted by Crippen LogP contribution is -2.14. The van der Waals surface area contributed by atoms with Crippen molar-refractivity contribution in [3.05, 3.63) is 168 Å². The van der Waals surface area contributed by atoms with Crippen molar-refractivity contribution in [3.63, 3.8) is 0 Å². The van der Waals surface area contributed by atoms with Gasteiger partial charge in [-0.15, -0.1) is 0 Å². The number of nitrogen functional groups attached to an aromatic ring is 1. The van der Waals surface area contributed by atoms with E-state index in [4.69, 9.17) is 5.73 Å². The van der Waals surface area contributed by atoms with E-state index in [1.807, 2.05) is 103 Å². The van der Waals surface area contributed by atoms with Gasteiger partial charge in [-0.05, 0) is 69.5 Å². The molecule has 3 nitrogen and oxygen atoms in total. The van der Waals surface area contributed by atoms with Crippen LogP contribution in [0, 0.1) is 0 Å². The molecule has 202 valence electrons. The van der Waals surface area contributed by atoms with Crippen LogP contribution < -0.4 is 11.2 Å². The molecule has 0 fully saturated rings. The van der Waals surface area contributed by atoms with Gasteiger partial charge in [-0.3, -0.25) is 5.43 Å². The van der Waals surface area contributed by atoms with Crippen LogP contribution in [0.5, 0.6) is 0 Å². The molecule has 0 radical (unpaired) electrons. The van der Waals surface area contributed by atoms with Gasteiger partial charge >= 0.3 is 0 Å². The van der Waals surface area contributed by atoms with E-state index in [1.165, 1.54) is 22.3 Å². The van der Waals surface area contributed by atoms with Crippen molar-refractivity contribution in [1.82, 2.24) is 5.43 Å². The number of nitrogens with two attached hydrogens (primary N) is 1. The Hall–Kier alpha value is -5.15. The van der Waals surface area contributed by atoms with Crippen LogP contribution in [0.1, 0.15) is 30.5 Å². The molecule has 0 bridgehead atoms. The van der Waals surface area contributed by atoms with E-state index >= 15 is 0 Å². The molecular formula is C38H35N3. The second-order valence-electron chi connectivity index (χ2n) is 10.4. The molecule has 2 aliphatic rings. The summed E-state index contributed by atoms with van der Waals surface area (Å²) in [4.78, 5) is 0. The molecule has 0 atom stereocenters. The molecule has 0 saturated carbocycles. The van der Waals surface area contributed by atoms with Crippen LogP contribution in [0.25, 0.3) is 28.0 Å². The summed E-state index contributed by atoms with van der Waals surface area (Å²) >= 11 is 0. The fourth-order valence-electron chi connectivity index (χ4n) is 5.21. The summed E-state index contributed by atoms with van der Waals surface area (Å²) in [7, 11) is 0. The van der Waals surface area contributed by atoms with Crippen LogP contribution in [-0.2, 0) is 5.41 Å². The summed E-state index contributed by atoms with van der Waals surface area (Å²) in [6.07, 6.45) is 27.5. The van der Waals surface area contributed by atoms with E-state index in [1.54, 1.807) is 6.21 Å². The molecular weight excluding hydrogens is 498 g/mol. The zero-order chi connectivity index (χ0) is 28.5. The minimum Gasteiger partial charge on any atom is -0.398 e. The highest BCUT2D eigenvalue weighted by Gasteiger charge is 2.35. The molecule has 5 rings (SSSR count). The Morgan fingerprint density at radius 2 is 1.39 bits per heavy atom. The van der Waals surface area contributed by atoms with Gasteiger partial charge in [0.25, 0.3) is 0 Å². The van der Waals surface area contributed by atoms with Crippen LogP contribution in [-0.4, -0.2) is 6.21 Å². The van der Waals surface area contributed by atoms with Gasteiger partial charge in [0.05, 0.1) is 5.70 Å². The summed E-state index contributed by atoms with van der Waals surface area (Å²) in [6, 6.07) is 25.5. The van der Waals surface area contributed by atoms with Crippen molar-refractivity contribution >= 4 is 28.8 Å². The van der Waals surface area contributed by atoms with E-state index in [0.29, 0.717) is 5.69 Å². The molecule has 0 aliphatic heterocycles. The Morgan fingerprint density at radius 3 is 2.20 bits per heavy atom. The maximum absolute atomic E-state index is 6.68. The number of nitrogens with zero attached hydrogens (tertiary/aromatic N) is 1. The van der Waals surface area contributed by atoms with E-state index in [2.05, 4.69) is 72.9 Å². The Labute approximate surface area is 243 Å². The smallest absolute Gasteiger partial charge is 0.0561 e. The normalized spacial score (nSPS) is 20.5. The first kappa shape index (κ1) is 27.4. The predicted molar refractivity (Wildman–Crippen MR) is 178 cm³/mol. The van der Waals surface area contributed by atoms with E-state index in [9.17, 15) is 0 Å². The molecule has 3 heteroatoms. The van der Waals surface area contributed by atoms with Crippen LogP contribution in [0.15, 0.2) is 157 Å². The first-order valence-electron chi connectivity index (χ1n) is 13.9. The minimum absolute atomic E-state index is 0.102. The van der Waals surface area contributed by atoms with Gasteiger partial charge in [-0.25, -0.2) is 0 Å². The van der Waals surface area contributed by atoms with Crippen molar-refractivity contribution in [2.24, 2.45) is 5.10 Å². The lowest BCUT2D eigenvalue weighted by Gasteiger charge is -2.21. The lowest BCUT2D eigenvalue weighted by molar-refractivity contribution is 0.661. The number of benzene rings is 2. The molecule has 2 aliphatic carbocycles. The van der Waals surface area contributed by atoms with Crippen LogP contribution in [0.3, 0.4) is 0 Å². The lowest BCUT2D eigenvalue weighted by atomic mass is 9.81. The number of anilines is 1. The SMILES string of the molecule is CC1(C)c2ccccc2-c2cc3ccccccc(N)c(/C=C\C=N/NC4=C/C=C\C=C/C=C\C=C\C=C\4)c3cc21. The average molecular weight is 534 g/mol. The largest absolute Gasteiger partial charge is 0.398 e. The van der Waals surface area contributed by atoms with Gasteiger partial charge in [0.15, 0.2) is 0 Å². The van der Waals surface area contributed by atoms with Crippen molar-refractivity contribution in [3.8, 4) is 11.1 Å². The molecule has 0 aromatic heterocycles. The number of fused-ring (bicyclic) bond motifs is 4. The summed E-state index contributed by atoms with van der Waals surface area (Å²) in [5.74, 6) is 0. The van der Waals surface area contributed by atoms with Gasteiger partial charge < -0.3 is 5.73 Å². The number of rotatable bonds is 4. The molecule has 3 aromatic rings. The predicted octanol–water partition coefficient (Wildman–Crippen LogP) is 9.12. The second-order valence-corrected chi connectivity index (χ2v) is 10.4. The van der Waals surface area contributed by atoms with Crippen molar-refractivity contribution in [2.45, 2.75) is 19.3 Å². The van der Waals surface area contributed by atoms with Crippen molar-refractivity contribution < 1.29 is 0 Å². The number of hydrogen-bond acceptors (Lipinski definition) is 3. The minimum atomic E-state index is -0.102. The number of allylic oxidation sites excluding steroid dienone is 12. The zero-order valence-corrected chi connectivity index (χ0v) is 23.5. The first-order chi connectivity index (χ1) is 20.1. The fourth-order valence-corrected chi connectivity index (χ4v) is 5.21. The highest BCUT2D eigenvalue weighted by molar-refractivity contribution is 6.00. The van der Waals surface area contributed by atoms with Gasteiger partial charge in [-0.1, -0.05) is 129 Å². The maximum atomic E-state index is 6.68. The van der Waals surface area contributed by atoms with E-state index < -0.39 is 0 Å². The van der Waals surface area contributed by atoms with Gasteiger partial charge in [0, 0.05) is 22.9 Å². The van der Waals surface area contributed by atoms with Gasteiger partial charge in [0.1, 0.15) is 0 Å². The number of hydrazone groups is 1. The third kappa shape index (κ3) is 6.37. The molecule has 0 spiro atoms. The van der Waals surface area contributed by atoms with Crippen molar-refractivity contribution in [1.29, 1.82) is 0 Å². The molecule has 0 heterocycles. The molecule has 3 aromatic carbocycles. The average Bonchev–Trinajstić information content (AvgIpc) is 3.19. The Balaban J connectivity index is 1.52. The second kappa shape index (κ2) is 12.8. The van der Waals surface area contributed by atoms with Gasteiger partial charge in [-0.2, -0.15) is 5.10 Å². The Bertz CT molecular complexity index is 1740. The molecule has 0 saturated heterocycles. The fraction of sp³-hybridized carbons (Fsp3) is 0.0789. The maximum Gasteiger partial charge on any atom is 0.0561 e. The standard InChI is InChI=1S/C38H35N3/c1-38(2)35-24-17-16-22-31(35)34-27-29-19-12-10-11-15-25-37(39)32(33(29)28-36(34)38)23-18-26-40-41-30-20-13-8-6-4-3-5-7-9-14-21-30/h3-28,41H,39H2,1-2H3/b4-3-,5-3?,6-4?,7-5-,8-6+,9-7?,11-10?,12-10?,13-8?,14-9-,15-11?,19-12?,20-13+,21-14?,23-18-,25-15?,29-19?,30-20?,30-21+,33-32?,37-25?,37-32?,40-26-. The van der Waals surface area contributed by atoms with Crippen LogP contribution >= 0.6 is 0 Å². The third-order valence-corrected chi connectivity index (χ3v) is 7.30. The summed E-state index contributed by atoms with van der Waals surface area (Å²) in [5, 5.41) is 6.66. The Kier molecular flexibility index (Phi) is 8.56. The van der Waals surface area contributed by atoms with Crippen LogP contribution in [0.4, 0.5) is 5.69 Å². The molecule has 3 N–H and O–H groups in total. The summed E-state index contributed by atoms with van der Waals surface area (Å²) < 4.78 is 0. The topological polar surface area (TPSA) is 50.4 Å². The van der Waals surface area contributed by atoms with Crippen molar-refractivity contribution in [2.75, 3.05) is 5.73 Å². The zero-order valence-electron chi connectivity index (χ0n) is 23.5. The number of nitrogens with one attached hydrogen (secondary N) is 1. The monoisotopic (exact) mass is 533 g/mol. The molecule has 0 amide bonds. The van der Waals surface area contributed by atoms with E-state index in [0.717, 1.165) is 22.0 Å². The molecule has 41 heavy (non-hydrogen) atoms.